The lowest BCUT2D eigenvalue weighted by Gasteiger charge is -2.09. The highest BCUT2D eigenvalue weighted by Gasteiger charge is 2.18. The molecule has 30 heavy (non-hydrogen) atoms. The van der Waals surface area contributed by atoms with E-state index in [0.29, 0.717) is 18.8 Å². The van der Waals surface area contributed by atoms with Gasteiger partial charge in [0.25, 0.3) is 5.91 Å². The lowest BCUT2D eigenvalue weighted by Crippen LogP contribution is -2.30. The first-order valence-corrected chi connectivity index (χ1v) is 9.60. The van der Waals surface area contributed by atoms with Crippen LogP contribution in [0.2, 0.25) is 5.02 Å². The first-order valence-electron chi connectivity index (χ1n) is 9.22. The van der Waals surface area contributed by atoms with E-state index in [0.717, 1.165) is 17.0 Å². The summed E-state index contributed by atoms with van der Waals surface area (Å²) >= 11 is 6.08. The number of hydrogen-bond donors (Lipinski definition) is 1. The Kier molecular flexibility index (Phi) is 6.79. The number of halogens is 2. The number of nitrogens with zero attached hydrogens (tertiary/aromatic N) is 3. The molecule has 0 fully saturated rings. The molecule has 0 atom stereocenters. The van der Waals surface area contributed by atoms with E-state index in [1.807, 2.05) is 19.9 Å². The van der Waals surface area contributed by atoms with Gasteiger partial charge in [-0.3, -0.25) is 4.79 Å². The third-order valence-electron chi connectivity index (χ3n) is 4.23. The van der Waals surface area contributed by atoms with Crippen molar-refractivity contribution in [1.82, 2.24) is 20.1 Å². The predicted molar refractivity (Wildman–Crippen MR) is 109 cm³/mol. The minimum Gasteiger partial charge on any atom is -0.451 e. The molecule has 2 heterocycles. The van der Waals surface area contributed by atoms with E-state index in [9.17, 15) is 14.0 Å². The molecule has 0 aliphatic heterocycles. The maximum absolute atomic E-state index is 12.9. The van der Waals surface area contributed by atoms with Gasteiger partial charge in [-0.15, -0.1) is 0 Å². The normalized spacial score (nSPS) is 10.7. The van der Waals surface area contributed by atoms with Crippen molar-refractivity contribution in [3.63, 3.8) is 0 Å². The molecule has 0 bridgehead atoms. The number of ether oxygens (including phenoxy) is 1. The molecule has 0 radical (unpaired) electrons. The molecule has 3 rings (SSSR count). The summed E-state index contributed by atoms with van der Waals surface area (Å²) in [6, 6.07) is 11.0. The molecule has 0 saturated heterocycles. The van der Waals surface area contributed by atoms with Gasteiger partial charge in [0.15, 0.2) is 18.1 Å². The third-order valence-corrected chi connectivity index (χ3v) is 4.54. The number of benzene rings is 1. The van der Waals surface area contributed by atoms with Crippen LogP contribution in [0, 0.1) is 19.7 Å². The fourth-order valence-electron chi connectivity index (χ4n) is 2.80. The van der Waals surface area contributed by atoms with Crippen molar-refractivity contribution in [2.24, 2.45) is 0 Å². The molecule has 1 amide bonds. The molecule has 0 saturated carbocycles. The van der Waals surface area contributed by atoms with Crippen LogP contribution in [0.4, 0.5) is 4.39 Å². The Bertz CT molecular complexity index is 1070. The average molecular weight is 431 g/mol. The van der Waals surface area contributed by atoms with Gasteiger partial charge in [0.2, 0.25) is 0 Å². The minimum atomic E-state index is -0.808. The van der Waals surface area contributed by atoms with Crippen molar-refractivity contribution in [2.75, 3.05) is 13.2 Å². The second kappa shape index (κ2) is 9.49. The van der Waals surface area contributed by atoms with Gasteiger partial charge in [0.1, 0.15) is 5.82 Å². The van der Waals surface area contributed by atoms with E-state index in [1.54, 1.807) is 22.9 Å². The third kappa shape index (κ3) is 5.42. The van der Waals surface area contributed by atoms with Crippen LogP contribution in [0.1, 0.15) is 27.4 Å². The Morgan fingerprint density at radius 3 is 2.57 bits per heavy atom. The predicted octanol–water partition coefficient (Wildman–Crippen LogP) is 3.19. The van der Waals surface area contributed by atoms with Gasteiger partial charge in [0.05, 0.1) is 10.7 Å². The van der Waals surface area contributed by atoms with Crippen LogP contribution in [0.3, 0.4) is 0 Å². The molecule has 2 aromatic heterocycles. The van der Waals surface area contributed by atoms with E-state index < -0.39 is 18.5 Å². The standard InChI is InChI=1S/C21H20ClFN4O3/c1-13-11-14(2)27(26-13)18-8-7-17(22)20(25-18)21(29)30-12-19(28)24-10-9-15-3-5-16(23)6-4-15/h3-8,11H,9-10,12H2,1-2H3,(H,24,28). The van der Waals surface area contributed by atoms with E-state index in [4.69, 9.17) is 16.3 Å². The molecular formula is C21H20ClFN4O3. The largest absolute Gasteiger partial charge is 0.451 e. The second-order valence-electron chi connectivity index (χ2n) is 6.64. The summed E-state index contributed by atoms with van der Waals surface area (Å²) in [5.74, 6) is -1.17. The molecule has 0 aliphatic carbocycles. The Hall–Kier alpha value is -3.26. The molecule has 0 unspecified atom stereocenters. The van der Waals surface area contributed by atoms with Crippen molar-refractivity contribution in [3.05, 3.63) is 75.9 Å². The first kappa shape index (κ1) is 21.4. The maximum Gasteiger partial charge on any atom is 0.359 e. The van der Waals surface area contributed by atoms with Crippen molar-refractivity contribution in [3.8, 4) is 5.82 Å². The average Bonchev–Trinajstić information content (AvgIpc) is 3.06. The van der Waals surface area contributed by atoms with Crippen LogP contribution >= 0.6 is 11.6 Å². The molecule has 3 aromatic rings. The van der Waals surface area contributed by atoms with E-state index in [2.05, 4.69) is 15.4 Å². The number of amides is 1. The summed E-state index contributed by atoms with van der Waals surface area (Å²) in [4.78, 5) is 28.5. The molecule has 0 aliphatic rings. The van der Waals surface area contributed by atoms with Crippen LogP contribution in [0.25, 0.3) is 5.82 Å². The highest BCUT2D eigenvalue weighted by molar-refractivity contribution is 6.33. The minimum absolute atomic E-state index is 0.0965. The number of esters is 1. The Balaban J connectivity index is 1.55. The van der Waals surface area contributed by atoms with E-state index >= 15 is 0 Å². The van der Waals surface area contributed by atoms with Gasteiger partial charge in [0, 0.05) is 12.2 Å². The molecule has 1 aromatic carbocycles. The summed E-state index contributed by atoms with van der Waals surface area (Å²) < 4.78 is 19.5. The monoisotopic (exact) mass is 430 g/mol. The molecule has 9 heteroatoms. The number of pyridine rings is 1. The van der Waals surface area contributed by atoms with Crippen molar-refractivity contribution < 1.29 is 18.7 Å². The summed E-state index contributed by atoms with van der Waals surface area (Å²) in [5, 5.41) is 7.07. The summed E-state index contributed by atoms with van der Waals surface area (Å²) in [6.07, 6.45) is 0.526. The van der Waals surface area contributed by atoms with Crippen LogP contribution in [-0.2, 0) is 16.0 Å². The van der Waals surface area contributed by atoms with Gasteiger partial charge < -0.3 is 10.1 Å². The SMILES string of the molecule is Cc1cc(C)n(-c2ccc(Cl)c(C(=O)OCC(=O)NCCc3ccc(F)cc3)n2)n1. The number of aryl methyl sites for hydroxylation is 2. The second-order valence-corrected chi connectivity index (χ2v) is 7.05. The number of carbonyl (C=O) groups excluding carboxylic acids is 2. The van der Waals surface area contributed by atoms with E-state index in [1.165, 1.54) is 18.2 Å². The van der Waals surface area contributed by atoms with Crippen molar-refractivity contribution >= 4 is 23.5 Å². The zero-order valence-electron chi connectivity index (χ0n) is 16.5. The summed E-state index contributed by atoms with van der Waals surface area (Å²) in [7, 11) is 0. The fourth-order valence-corrected chi connectivity index (χ4v) is 2.98. The maximum atomic E-state index is 12.9. The van der Waals surface area contributed by atoms with Crippen LogP contribution in [0.15, 0.2) is 42.5 Å². The van der Waals surface area contributed by atoms with Gasteiger partial charge in [-0.25, -0.2) is 18.9 Å². The van der Waals surface area contributed by atoms with E-state index in [-0.39, 0.29) is 16.5 Å². The molecular weight excluding hydrogens is 411 g/mol. The zero-order valence-corrected chi connectivity index (χ0v) is 17.2. The molecule has 1 N–H and O–H groups in total. The van der Waals surface area contributed by atoms with Gasteiger partial charge in [-0.1, -0.05) is 23.7 Å². The Labute approximate surface area is 177 Å². The zero-order chi connectivity index (χ0) is 21.7. The van der Waals surface area contributed by atoms with Crippen LogP contribution in [0.5, 0.6) is 0 Å². The van der Waals surface area contributed by atoms with Gasteiger partial charge in [-0.2, -0.15) is 5.10 Å². The Morgan fingerprint density at radius 1 is 1.17 bits per heavy atom. The van der Waals surface area contributed by atoms with Crippen molar-refractivity contribution in [1.29, 1.82) is 0 Å². The number of carbonyl (C=O) groups is 2. The highest BCUT2D eigenvalue weighted by Crippen LogP contribution is 2.18. The number of hydrogen-bond acceptors (Lipinski definition) is 5. The first-order chi connectivity index (χ1) is 14.3. The van der Waals surface area contributed by atoms with Gasteiger partial charge in [-0.05, 0) is 56.2 Å². The fraction of sp³-hybridized carbons (Fsp3) is 0.238. The smallest absolute Gasteiger partial charge is 0.359 e. The summed E-state index contributed by atoms with van der Waals surface area (Å²) in [6.45, 7) is 3.58. The molecule has 7 nitrogen and oxygen atoms in total. The quantitative estimate of drug-likeness (QED) is 0.582. The topological polar surface area (TPSA) is 86.1 Å². The molecule has 0 spiro atoms. The lowest BCUT2D eigenvalue weighted by atomic mass is 10.1. The number of rotatable bonds is 7. The van der Waals surface area contributed by atoms with Crippen LogP contribution < -0.4 is 5.32 Å². The summed E-state index contributed by atoms with van der Waals surface area (Å²) in [5.41, 5.74) is 2.44. The lowest BCUT2D eigenvalue weighted by molar-refractivity contribution is -0.124. The molecule has 156 valence electrons. The Morgan fingerprint density at radius 2 is 1.90 bits per heavy atom. The number of aromatic nitrogens is 3. The highest BCUT2D eigenvalue weighted by atomic mass is 35.5. The van der Waals surface area contributed by atoms with Crippen molar-refractivity contribution in [2.45, 2.75) is 20.3 Å². The van der Waals surface area contributed by atoms with Gasteiger partial charge >= 0.3 is 5.97 Å². The van der Waals surface area contributed by atoms with Crippen LogP contribution in [-0.4, -0.2) is 39.8 Å². The number of nitrogens with one attached hydrogen (secondary N) is 1.